The highest BCUT2D eigenvalue weighted by Gasteiger charge is 2.41. The first-order chi connectivity index (χ1) is 11.1. The molecule has 0 unspecified atom stereocenters. The zero-order valence-corrected chi connectivity index (χ0v) is 13.7. The first kappa shape index (κ1) is 15.7. The quantitative estimate of drug-likeness (QED) is 0.778. The van der Waals surface area contributed by atoms with Gasteiger partial charge < -0.3 is 9.64 Å². The maximum atomic E-state index is 12.8. The Kier molecular flexibility index (Phi) is 4.48. The molecule has 122 valence electrons. The molecule has 1 aromatic rings. The molecule has 2 amide bonds. The second-order valence-electron chi connectivity index (χ2n) is 6.04. The summed E-state index contributed by atoms with van der Waals surface area (Å²) in [5, 5.41) is 0. The van der Waals surface area contributed by atoms with Crippen LogP contribution in [0.5, 0.6) is 0 Å². The van der Waals surface area contributed by atoms with Gasteiger partial charge in [-0.1, -0.05) is 29.8 Å². The van der Waals surface area contributed by atoms with Crippen molar-refractivity contribution in [3.63, 3.8) is 0 Å². The normalized spacial score (nSPS) is 18.5. The van der Waals surface area contributed by atoms with Gasteiger partial charge in [-0.2, -0.15) is 0 Å². The fraction of sp³-hybridized carbons (Fsp3) is 0.444. The topological polar surface area (TPSA) is 49.9 Å². The average molecular weight is 314 g/mol. The lowest BCUT2D eigenvalue weighted by Gasteiger charge is -2.20. The number of carbonyl (C=O) groups is 2. The Morgan fingerprint density at radius 1 is 1.04 bits per heavy atom. The Balaban J connectivity index is 2.02. The fourth-order valence-corrected chi connectivity index (χ4v) is 3.16. The highest BCUT2D eigenvalue weighted by molar-refractivity contribution is 6.35. The van der Waals surface area contributed by atoms with Crippen molar-refractivity contribution < 1.29 is 14.3 Å². The molecule has 1 aromatic carbocycles. The van der Waals surface area contributed by atoms with Crippen LogP contribution in [0.1, 0.15) is 24.0 Å². The zero-order valence-electron chi connectivity index (χ0n) is 13.7. The van der Waals surface area contributed by atoms with Crippen molar-refractivity contribution in [3.8, 4) is 0 Å². The van der Waals surface area contributed by atoms with E-state index in [0.717, 1.165) is 37.1 Å². The monoisotopic (exact) mass is 314 g/mol. The molecule has 0 spiro atoms. The summed E-state index contributed by atoms with van der Waals surface area (Å²) in [6, 6.07) is 7.79. The summed E-state index contributed by atoms with van der Waals surface area (Å²) in [6.45, 7) is 4.32. The van der Waals surface area contributed by atoms with E-state index in [1.807, 2.05) is 31.2 Å². The van der Waals surface area contributed by atoms with Crippen molar-refractivity contribution in [2.75, 3.05) is 33.4 Å². The van der Waals surface area contributed by atoms with E-state index in [9.17, 15) is 9.59 Å². The maximum absolute atomic E-state index is 12.8. The van der Waals surface area contributed by atoms with E-state index in [4.69, 9.17) is 4.74 Å². The molecule has 3 rings (SSSR count). The summed E-state index contributed by atoms with van der Waals surface area (Å²) in [6.07, 6.45) is 2.12. The number of amides is 2. The Morgan fingerprint density at radius 2 is 1.70 bits per heavy atom. The van der Waals surface area contributed by atoms with Crippen molar-refractivity contribution in [2.24, 2.45) is 0 Å². The molecular formula is C18H22N2O3. The summed E-state index contributed by atoms with van der Waals surface area (Å²) >= 11 is 0. The van der Waals surface area contributed by atoms with Crippen LogP contribution in [-0.2, 0) is 14.3 Å². The molecule has 2 aliphatic rings. The fourth-order valence-electron chi connectivity index (χ4n) is 3.16. The van der Waals surface area contributed by atoms with Gasteiger partial charge in [-0.3, -0.25) is 14.5 Å². The van der Waals surface area contributed by atoms with E-state index in [0.29, 0.717) is 24.4 Å². The molecule has 0 bridgehead atoms. The van der Waals surface area contributed by atoms with Crippen LogP contribution in [0, 0.1) is 6.92 Å². The third-order valence-corrected chi connectivity index (χ3v) is 4.43. The number of likely N-dealkylation sites (tertiary alicyclic amines) is 1. The lowest BCUT2D eigenvalue weighted by atomic mass is 10.0. The van der Waals surface area contributed by atoms with Gasteiger partial charge >= 0.3 is 0 Å². The molecule has 0 atom stereocenters. The van der Waals surface area contributed by atoms with E-state index >= 15 is 0 Å². The Bertz CT molecular complexity index is 643. The lowest BCUT2D eigenvalue weighted by molar-refractivity contribution is -0.138. The highest BCUT2D eigenvalue weighted by Crippen LogP contribution is 2.33. The van der Waals surface area contributed by atoms with E-state index in [-0.39, 0.29) is 11.8 Å². The SMILES string of the molecule is COCCN1C(=O)C(c2ccc(C)cc2)=C(N2CCCC2)C1=O. The van der Waals surface area contributed by atoms with E-state index in [2.05, 4.69) is 4.90 Å². The highest BCUT2D eigenvalue weighted by atomic mass is 16.5. The third-order valence-electron chi connectivity index (χ3n) is 4.43. The van der Waals surface area contributed by atoms with Gasteiger partial charge in [0.05, 0.1) is 18.7 Å². The zero-order chi connectivity index (χ0) is 16.4. The smallest absolute Gasteiger partial charge is 0.277 e. The molecule has 5 nitrogen and oxygen atoms in total. The van der Waals surface area contributed by atoms with Crippen molar-refractivity contribution in [3.05, 3.63) is 41.1 Å². The molecule has 5 heteroatoms. The minimum atomic E-state index is -0.210. The molecule has 0 aromatic heterocycles. The number of imide groups is 1. The largest absolute Gasteiger partial charge is 0.383 e. The number of benzene rings is 1. The molecule has 0 saturated carbocycles. The predicted molar refractivity (Wildman–Crippen MR) is 87.5 cm³/mol. The maximum Gasteiger partial charge on any atom is 0.277 e. The van der Waals surface area contributed by atoms with Crippen molar-refractivity contribution in [2.45, 2.75) is 19.8 Å². The summed E-state index contributed by atoms with van der Waals surface area (Å²) in [7, 11) is 1.57. The number of hydrogen-bond donors (Lipinski definition) is 0. The van der Waals surface area contributed by atoms with Crippen LogP contribution in [0.15, 0.2) is 30.0 Å². The van der Waals surface area contributed by atoms with Gasteiger partial charge in [0.1, 0.15) is 5.70 Å². The summed E-state index contributed by atoms with van der Waals surface area (Å²) in [5.41, 5.74) is 3.04. The van der Waals surface area contributed by atoms with Crippen LogP contribution in [-0.4, -0.2) is 55.0 Å². The van der Waals surface area contributed by atoms with Gasteiger partial charge in [-0.15, -0.1) is 0 Å². The minimum absolute atomic E-state index is 0.190. The molecule has 1 saturated heterocycles. The molecule has 0 aliphatic carbocycles. The van der Waals surface area contributed by atoms with E-state index in [1.54, 1.807) is 7.11 Å². The summed E-state index contributed by atoms with van der Waals surface area (Å²) in [4.78, 5) is 29.0. The summed E-state index contributed by atoms with van der Waals surface area (Å²) in [5.74, 6) is -0.401. The van der Waals surface area contributed by atoms with Crippen LogP contribution in [0.2, 0.25) is 0 Å². The lowest BCUT2D eigenvalue weighted by Crippen LogP contribution is -2.36. The Hall–Kier alpha value is -2.14. The first-order valence-corrected chi connectivity index (χ1v) is 8.05. The number of nitrogens with zero attached hydrogens (tertiary/aromatic N) is 2. The van der Waals surface area contributed by atoms with Gasteiger partial charge in [-0.25, -0.2) is 0 Å². The van der Waals surface area contributed by atoms with Gasteiger partial charge in [0, 0.05) is 20.2 Å². The van der Waals surface area contributed by atoms with Crippen molar-refractivity contribution >= 4 is 17.4 Å². The van der Waals surface area contributed by atoms with Crippen molar-refractivity contribution in [1.29, 1.82) is 0 Å². The number of methoxy groups -OCH3 is 1. The van der Waals surface area contributed by atoms with Crippen LogP contribution in [0.25, 0.3) is 5.57 Å². The minimum Gasteiger partial charge on any atom is -0.383 e. The molecule has 0 radical (unpaired) electrons. The van der Waals surface area contributed by atoms with Gasteiger partial charge in [0.25, 0.3) is 11.8 Å². The van der Waals surface area contributed by atoms with Crippen LogP contribution >= 0.6 is 0 Å². The standard InChI is InChI=1S/C18H22N2O3/c1-13-5-7-14(8-6-13)15-16(19-9-3-4-10-19)18(22)20(17(15)21)11-12-23-2/h5-8H,3-4,9-12H2,1-2H3. The van der Waals surface area contributed by atoms with E-state index < -0.39 is 0 Å². The second-order valence-corrected chi connectivity index (χ2v) is 6.04. The van der Waals surface area contributed by atoms with Gasteiger partial charge in [-0.05, 0) is 25.3 Å². The van der Waals surface area contributed by atoms with Gasteiger partial charge in [0.15, 0.2) is 0 Å². The number of rotatable bonds is 5. The number of carbonyl (C=O) groups excluding carboxylic acids is 2. The van der Waals surface area contributed by atoms with Gasteiger partial charge in [0.2, 0.25) is 0 Å². The van der Waals surface area contributed by atoms with E-state index in [1.165, 1.54) is 4.90 Å². The van der Waals surface area contributed by atoms with Crippen LogP contribution in [0.3, 0.4) is 0 Å². The molecular weight excluding hydrogens is 292 g/mol. The average Bonchev–Trinajstić information content (AvgIpc) is 3.14. The van der Waals surface area contributed by atoms with Crippen molar-refractivity contribution in [1.82, 2.24) is 9.80 Å². The summed E-state index contributed by atoms with van der Waals surface area (Å²) < 4.78 is 5.04. The number of hydrogen-bond acceptors (Lipinski definition) is 4. The number of ether oxygens (including phenoxy) is 1. The third kappa shape index (κ3) is 2.88. The Labute approximate surface area is 136 Å². The second kappa shape index (κ2) is 6.54. The van der Waals surface area contributed by atoms with Crippen LogP contribution < -0.4 is 0 Å². The first-order valence-electron chi connectivity index (χ1n) is 8.05. The molecule has 2 aliphatic heterocycles. The molecule has 23 heavy (non-hydrogen) atoms. The van der Waals surface area contributed by atoms with Crippen LogP contribution in [0.4, 0.5) is 0 Å². The molecule has 1 fully saturated rings. The Morgan fingerprint density at radius 3 is 2.30 bits per heavy atom. The molecule has 2 heterocycles. The number of aryl methyl sites for hydroxylation is 1. The molecule has 0 N–H and O–H groups in total. The predicted octanol–water partition coefficient (Wildman–Crippen LogP) is 1.82.